The second-order valence-electron chi connectivity index (χ2n) is 5.74. The third kappa shape index (κ3) is 6.25. The highest BCUT2D eigenvalue weighted by atomic mass is 16.5. The van der Waals surface area contributed by atoms with Crippen molar-refractivity contribution < 1.29 is 4.74 Å². The summed E-state index contributed by atoms with van der Waals surface area (Å²) in [6.07, 6.45) is 3.23. The zero-order valence-electron chi connectivity index (χ0n) is 13.5. The Hall–Kier alpha value is -1.90. The van der Waals surface area contributed by atoms with E-state index in [4.69, 9.17) is 4.74 Å². The van der Waals surface area contributed by atoms with Gasteiger partial charge in [-0.05, 0) is 31.6 Å². The normalized spacial score (nSPS) is 11.9. The molecule has 2 rings (SSSR count). The SMILES string of the molecule is CN(C)C/C(=C/c1ccccc1)CCOCc1ccccc1. The minimum atomic E-state index is 0.682. The van der Waals surface area contributed by atoms with E-state index in [1.165, 1.54) is 16.7 Å². The summed E-state index contributed by atoms with van der Waals surface area (Å²) < 4.78 is 5.81. The molecule has 0 aliphatic rings. The van der Waals surface area contributed by atoms with Gasteiger partial charge in [0.1, 0.15) is 0 Å². The first-order chi connectivity index (χ1) is 10.7. The van der Waals surface area contributed by atoms with Gasteiger partial charge in [-0.25, -0.2) is 0 Å². The summed E-state index contributed by atoms with van der Waals surface area (Å²) in [5.41, 5.74) is 3.87. The van der Waals surface area contributed by atoms with Crippen LogP contribution in [0.1, 0.15) is 17.5 Å². The lowest BCUT2D eigenvalue weighted by Gasteiger charge is -2.14. The maximum atomic E-state index is 5.81. The van der Waals surface area contributed by atoms with Crippen LogP contribution < -0.4 is 0 Å². The van der Waals surface area contributed by atoms with E-state index < -0.39 is 0 Å². The second-order valence-corrected chi connectivity index (χ2v) is 5.74. The quantitative estimate of drug-likeness (QED) is 0.675. The van der Waals surface area contributed by atoms with Crippen molar-refractivity contribution in [2.45, 2.75) is 13.0 Å². The molecule has 0 amide bonds. The van der Waals surface area contributed by atoms with Gasteiger partial charge in [-0.3, -0.25) is 0 Å². The Morgan fingerprint density at radius 1 is 0.955 bits per heavy atom. The van der Waals surface area contributed by atoms with Crippen molar-refractivity contribution in [2.24, 2.45) is 0 Å². The molecule has 2 heteroatoms. The van der Waals surface area contributed by atoms with E-state index >= 15 is 0 Å². The molecule has 2 aromatic carbocycles. The van der Waals surface area contributed by atoms with E-state index in [2.05, 4.69) is 61.5 Å². The topological polar surface area (TPSA) is 12.5 Å². The first-order valence-electron chi connectivity index (χ1n) is 7.75. The molecular weight excluding hydrogens is 270 g/mol. The van der Waals surface area contributed by atoms with Gasteiger partial charge >= 0.3 is 0 Å². The Bertz CT molecular complexity index is 561. The fraction of sp³-hybridized carbons (Fsp3) is 0.300. The summed E-state index contributed by atoms with van der Waals surface area (Å²) in [6, 6.07) is 20.8. The molecule has 0 bridgehead atoms. The maximum absolute atomic E-state index is 5.81. The van der Waals surface area contributed by atoms with Crippen LogP contribution in [0.4, 0.5) is 0 Å². The maximum Gasteiger partial charge on any atom is 0.0717 e. The zero-order valence-corrected chi connectivity index (χ0v) is 13.5. The van der Waals surface area contributed by atoms with E-state index in [1.807, 2.05) is 24.3 Å². The van der Waals surface area contributed by atoms with Crippen molar-refractivity contribution in [2.75, 3.05) is 27.2 Å². The molecule has 0 aliphatic heterocycles. The third-order valence-corrected chi connectivity index (χ3v) is 3.37. The molecule has 0 saturated carbocycles. The van der Waals surface area contributed by atoms with Gasteiger partial charge in [0.05, 0.1) is 13.2 Å². The van der Waals surface area contributed by atoms with Crippen LogP contribution in [-0.4, -0.2) is 32.1 Å². The van der Waals surface area contributed by atoms with Gasteiger partial charge in [0.25, 0.3) is 0 Å². The summed E-state index contributed by atoms with van der Waals surface area (Å²) in [6.45, 7) is 2.40. The highest BCUT2D eigenvalue weighted by molar-refractivity contribution is 5.53. The molecule has 0 radical (unpaired) electrons. The van der Waals surface area contributed by atoms with Crippen molar-refractivity contribution >= 4 is 6.08 Å². The highest BCUT2D eigenvalue weighted by Crippen LogP contribution is 2.11. The molecule has 0 aliphatic carbocycles. The molecule has 0 fully saturated rings. The Kier molecular flexibility index (Phi) is 6.88. The van der Waals surface area contributed by atoms with E-state index in [9.17, 15) is 0 Å². The van der Waals surface area contributed by atoms with E-state index in [-0.39, 0.29) is 0 Å². The van der Waals surface area contributed by atoms with E-state index in [1.54, 1.807) is 0 Å². The summed E-state index contributed by atoms with van der Waals surface area (Å²) in [5.74, 6) is 0. The summed E-state index contributed by atoms with van der Waals surface area (Å²) in [7, 11) is 4.20. The van der Waals surface area contributed by atoms with Gasteiger partial charge in [0.15, 0.2) is 0 Å². The zero-order chi connectivity index (χ0) is 15.6. The standard InChI is InChI=1S/C20H25NO/c1-21(2)16-20(15-18-9-5-3-6-10-18)13-14-22-17-19-11-7-4-8-12-19/h3-12,15H,13-14,16-17H2,1-2H3/b20-15+. The second kappa shape index (κ2) is 9.19. The molecule has 22 heavy (non-hydrogen) atoms. The van der Waals surface area contributed by atoms with Crippen LogP contribution in [-0.2, 0) is 11.3 Å². The van der Waals surface area contributed by atoms with Crippen molar-refractivity contribution in [3.05, 3.63) is 77.4 Å². The van der Waals surface area contributed by atoms with Gasteiger partial charge in [0, 0.05) is 6.54 Å². The first-order valence-corrected chi connectivity index (χ1v) is 7.75. The minimum Gasteiger partial charge on any atom is -0.376 e. The van der Waals surface area contributed by atoms with Gasteiger partial charge in [-0.15, -0.1) is 0 Å². The lowest BCUT2D eigenvalue weighted by molar-refractivity contribution is 0.123. The van der Waals surface area contributed by atoms with Crippen LogP contribution in [0.2, 0.25) is 0 Å². The van der Waals surface area contributed by atoms with Gasteiger partial charge in [-0.2, -0.15) is 0 Å². The number of hydrogen-bond donors (Lipinski definition) is 0. The monoisotopic (exact) mass is 295 g/mol. The average Bonchev–Trinajstić information content (AvgIpc) is 2.53. The number of nitrogens with zero attached hydrogens (tertiary/aromatic N) is 1. The molecule has 0 aromatic heterocycles. The Balaban J connectivity index is 1.86. The highest BCUT2D eigenvalue weighted by Gasteiger charge is 2.01. The lowest BCUT2D eigenvalue weighted by Crippen LogP contribution is -2.16. The number of ether oxygens (including phenoxy) is 1. The molecule has 116 valence electrons. The molecule has 2 aromatic rings. The molecule has 0 heterocycles. The third-order valence-electron chi connectivity index (χ3n) is 3.37. The number of hydrogen-bond acceptors (Lipinski definition) is 2. The van der Waals surface area contributed by atoms with Crippen molar-refractivity contribution in [1.29, 1.82) is 0 Å². The smallest absolute Gasteiger partial charge is 0.0717 e. The molecule has 0 saturated heterocycles. The van der Waals surface area contributed by atoms with Crippen LogP contribution in [0.3, 0.4) is 0 Å². The number of benzene rings is 2. The van der Waals surface area contributed by atoms with Gasteiger partial charge < -0.3 is 9.64 Å². The number of rotatable bonds is 8. The summed E-state index contributed by atoms with van der Waals surface area (Å²) in [5, 5.41) is 0. The average molecular weight is 295 g/mol. The van der Waals surface area contributed by atoms with Crippen LogP contribution in [0.5, 0.6) is 0 Å². The van der Waals surface area contributed by atoms with Crippen LogP contribution in [0.25, 0.3) is 6.08 Å². The summed E-state index contributed by atoms with van der Waals surface area (Å²) in [4.78, 5) is 2.20. The Morgan fingerprint density at radius 3 is 2.23 bits per heavy atom. The largest absolute Gasteiger partial charge is 0.376 e. The van der Waals surface area contributed by atoms with Crippen molar-refractivity contribution in [3.8, 4) is 0 Å². The predicted octanol–water partition coefficient (Wildman–Crippen LogP) is 4.24. The molecular formula is C20H25NO. The molecule has 0 atom stereocenters. The Morgan fingerprint density at radius 2 is 1.59 bits per heavy atom. The minimum absolute atomic E-state index is 0.682. The molecule has 0 spiro atoms. The molecule has 2 nitrogen and oxygen atoms in total. The van der Waals surface area contributed by atoms with Crippen molar-refractivity contribution in [3.63, 3.8) is 0 Å². The van der Waals surface area contributed by atoms with E-state index in [0.717, 1.165) is 19.6 Å². The van der Waals surface area contributed by atoms with Crippen LogP contribution in [0.15, 0.2) is 66.2 Å². The molecule has 0 unspecified atom stereocenters. The van der Waals surface area contributed by atoms with Crippen molar-refractivity contribution in [1.82, 2.24) is 4.90 Å². The predicted molar refractivity (Wildman–Crippen MR) is 93.7 cm³/mol. The fourth-order valence-electron chi connectivity index (χ4n) is 2.36. The lowest BCUT2D eigenvalue weighted by atomic mass is 10.1. The number of likely N-dealkylation sites (N-methyl/N-ethyl adjacent to an activating group) is 1. The first kappa shape index (κ1) is 16.5. The van der Waals surface area contributed by atoms with Crippen LogP contribution in [0, 0.1) is 0 Å². The van der Waals surface area contributed by atoms with E-state index in [0.29, 0.717) is 6.61 Å². The van der Waals surface area contributed by atoms with Gasteiger partial charge in [0.2, 0.25) is 0 Å². The summed E-state index contributed by atoms with van der Waals surface area (Å²) >= 11 is 0. The molecule has 0 N–H and O–H groups in total. The van der Waals surface area contributed by atoms with Crippen LogP contribution >= 0.6 is 0 Å². The fourth-order valence-corrected chi connectivity index (χ4v) is 2.36. The van der Waals surface area contributed by atoms with Gasteiger partial charge in [-0.1, -0.05) is 72.3 Å². The Labute approximate surface area is 134 Å².